The van der Waals surface area contributed by atoms with Crippen molar-refractivity contribution in [3.05, 3.63) is 28.8 Å². The van der Waals surface area contributed by atoms with Crippen LogP contribution in [0.3, 0.4) is 0 Å². The number of methoxy groups -OCH3 is 1. The molecule has 1 rings (SSSR count). The Hall–Kier alpha value is -0.480. The molecule has 0 bridgehead atoms. The molecule has 1 aromatic rings. The van der Waals surface area contributed by atoms with Gasteiger partial charge in [-0.2, -0.15) is 0 Å². The van der Waals surface area contributed by atoms with Crippen molar-refractivity contribution in [2.75, 3.05) is 20.3 Å². The van der Waals surface area contributed by atoms with Gasteiger partial charge in [-0.05, 0) is 12.1 Å². The lowest BCUT2D eigenvalue weighted by Gasteiger charge is -2.10. The van der Waals surface area contributed by atoms with E-state index in [2.05, 4.69) is 0 Å². The van der Waals surface area contributed by atoms with E-state index in [1.165, 1.54) is 0 Å². The van der Waals surface area contributed by atoms with Crippen LogP contribution in [0.25, 0.3) is 0 Å². The summed E-state index contributed by atoms with van der Waals surface area (Å²) in [6.07, 6.45) is 0. The summed E-state index contributed by atoms with van der Waals surface area (Å²) >= 11 is 5.83. The standard InChI is InChI=1S/C10H14ClNO2.ClH/c1-13-4-5-14-10-6-9(11)3-2-8(10)7-12;/h2-3,6H,4-5,7,12H2,1H3;1H. The Morgan fingerprint density at radius 2 is 2.07 bits per heavy atom. The van der Waals surface area contributed by atoms with Crippen molar-refractivity contribution in [1.29, 1.82) is 0 Å². The Morgan fingerprint density at radius 3 is 2.67 bits per heavy atom. The minimum absolute atomic E-state index is 0. The lowest BCUT2D eigenvalue weighted by atomic mass is 10.2. The Morgan fingerprint density at radius 1 is 1.33 bits per heavy atom. The van der Waals surface area contributed by atoms with Gasteiger partial charge in [0.15, 0.2) is 0 Å². The molecule has 0 radical (unpaired) electrons. The van der Waals surface area contributed by atoms with Gasteiger partial charge in [0.25, 0.3) is 0 Å². The summed E-state index contributed by atoms with van der Waals surface area (Å²) in [5.41, 5.74) is 6.50. The third kappa shape index (κ3) is 4.71. The van der Waals surface area contributed by atoms with Crippen molar-refractivity contribution in [3.63, 3.8) is 0 Å². The molecule has 0 atom stereocenters. The van der Waals surface area contributed by atoms with Crippen LogP contribution < -0.4 is 10.5 Å². The number of halogens is 2. The van der Waals surface area contributed by atoms with Gasteiger partial charge >= 0.3 is 0 Å². The van der Waals surface area contributed by atoms with E-state index in [0.29, 0.717) is 24.8 Å². The molecule has 1 aromatic carbocycles. The zero-order valence-corrected chi connectivity index (χ0v) is 10.1. The van der Waals surface area contributed by atoms with E-state index < -0.39 is 0 Å². The zero-order valence-electron chi connectivity index (χ0n) is 8.53. The van der Waals surface area contributed by atoms with Crippen LogP contribution in [0.5, 0.6) is 5.75 Å². The third-order valence-electron chi connectivity index (χ3n) is 1.79. The molecule has 0 saturated heterocycles. The van der Waals surface area contributed by atoms with E-state index in [9.17, 15) is 0 Å². The fraction of sp³-hybridized carbons (Fsp3) is 0.400. The normalized spacial score (nSPS) is 9.53. The van der Waals surface area contributed by atoms with Gasteiger partial charge in [-0.1, -0.05) is 17.7 Å². The molecule has 0 aromatic heterocycles. The molecule has 5 heteroatoms. The highest BCUT2D eigenvalue weighted by Gasteiger charge is 2.02. The van der Waals surface area contributed by atoms with E-state index in [4.69, 9.17) is 26.8 Å². The largest absolute Gasteiger partial charge is 0.491 e. The average molecular weight is 252 g/mol. The van der Waals surface area contributed by atoms with E-state index in [1.54, 1.807) is 19.2 Å². The van der Waals surface area contributed by atoms with Gasteiger partial charge in [0.05, 0.1) is 6.61 Å². The second-order valence-corrected chi connectivity index (χ2v) is 3.23. The first-order valence-electron chi connectivity index (χ1n) is 4.38. The molecule has 15 heavy (non-hydrogen) atoms. The van der Waals surface area contributed by atoms with Crippen LogP contribution in [0.15, 0.2) is 18.2 Å². The fourth-order valence-electron chi connectivity index (χ4n) is 1.07. The van der Waals surface area contributed by atoms with Crippen LogP contribution >= 0.6 is 24.0 Å². The van der Waals surface area contributed by atoms with Gasteiger partial charge in [0.2, 0.25) is 0 Å². The Bertz CT molecular complexity index is 295. The maximum atomic E-state index is 5.83. The number of ether oxygens (including phenoxy) is 2. The number of benzene rings is 1. The van der Waals surface area contributed by atoms with Crippen molar-refractivity contribution < 1.29 is 9.47 Å². The SMILES string of the molecule is COCCOc1cc(Cl)ccc1CN.Cl. The van der Waals surface area contributed by atoms with Crippen LogP contribution in [-0.4, -0.2) is 20.3 Å². The maximum absolute atomic E-state index is 5.83. The highest BCUT2D eigenvalue weighted by atomic mass is 35.5. The van der Waals surface area contributed by atoms with E-state index in [-0.39, 0.29) is 12.4 Å². The first-order valence-corrected chi connectivity index (χ1v) is 4.76. The molecular formula is C10H15Cl2NO2. The molecule has 0 fully saturated rings. The fourth-order valence-corrected chi connectivity index (χ4v) is 1.23. The summed E-state index contributed by atoms with van der Waals surface area (Å²) in [5.74, 6) is 0.733. The number of rotatable bonds is 5. The lowest BCUT2D eigenvalue weighted by molar-refractivity contribution is 0.146. The van der Waals surface area contributed by atoms with Crippen molar-refractivity contribution >= 4 is 24.0 Å². The molecule has 0 aliphatic carbocycles. The summed E-state index contributed by atoms with van der Waals surface area (Å²) in [6.45, 7) is 1.50. The van der Waals surface area contributed by atoms with Crippen molar-refractivity contribution in [2.24, 2.45) is 5.73 Å². The molecule has 3 nitrogen and oxygen atoms in total. The molecule has 2 N–H and O–H groups in total. The van der Waals surface area contributed by atoms with Gasteiger partial charge in [-0.15, -0.1) is 12.4 Å². The summed E-state index contributed by atoms with van der Waals surface area (Å²) in [7, 11) is 1.63. The summed E-state index contributed by atoms with van der Waals surface area (Å²) in [5, 5.41) is 0.648. The zero-order chi connectivity index (χ0) is 10.4. The Kier molecular flexibility index (Phi) is 7.52. The van der Waals surface area contributed by atoms with Crippen molar-refractivity contribution in [1.82, 2.24) is 0 Å². The summed E-state index contributed by atoms with van der Waals surface area (Å²) in [4.78, 5) is 0. The highest BCUT2D eigenvalue weighted by Crippen LogP contribution is 2.22. The topological polar surface area (TPSA) is 44.5 Å². The van der Waals surface area contributed by atoms with Crippen LogP contribution in [0.4, 0.5) is 0 Å². The number of hydrogen-bond acceptors (Lipinski definition) is 3. The van der Waals surface area contributed by atoms with Crippen molar-refractivity contribution in [3.8, 4) is 5.75 Å². The first-order chi connectivity index (χ1) is 6.77. The molecule has 0 saturated carbocycles. The van der Waals surface area contributed by atoms with Gasteiger partial charge in [-0.25, -0.2) is 0 Å². The van der Waals surface area contributed by atoms with Crippen LogP contribution in [-0.2, 0) is 11.3 Å². The molecule has 0 aliphatic heterocycles. The monoisotopic (exact) mass is 251 g/mol. The van der Waals surface area contributed by atoms with Gasteiger partial charge in [0.1, 0.15) is 12.4 Å². The molecule has 0 spiro atoms. The minimum atomic E-state index is 0. The quantitative estimate of drug-likeness (QED) is 0.817. The molecule has 0 aliphatic rings. The smallest absolute Gasteiger partial charge is 0.125 e. The van der Waals surface area contributed by atoms with E-state index in [1.807, 2.05) is 6.07 Å². The third-order valence-corrected chi connectivity index (χ3v) is 2.03. The summed E-state index contributed by atoms with van der Waals surface area (Å²) in [6, 6.07) is 5.43. The number of nitrogens with two attached hydrogens (primary N) is 1. The molecule has 0 heterocycles. The summed E-state index contributed by atoms with van der Waals surface area (Å²) < 4.78 is 10.3. The molecule has 0 amide bonds. The second-order valence-electron chi connectivity index (χ2n) is 2.80. The van der Waals surface area contributed by atoms with Crippen LogP contribution in [0, 0.1) is 0 Å². The second kappa shape index (κ2) is 7.77. The van der Waals surface area contributed by atoms with Crippen LogP contribution in [0.1, 0.15) is 5.56 Å². The molecule has 86 valence electrons. The van der Waals surface area contributed by atoms with E-state index in [0.717, 1.165) is 11.3 Å². The van der Waals surface area contributed by atoms with Gasteiger partial charge in [-0.3, -0.25) is 0 Å². The predicted octanol–water partition coefficient (Wildman–Crippen LogP) is 2.25. The van der Waals surface area contributed by atoms with Gasteiger partial charge in [0, 0.05) is 24.2 Å². The lowest BCUT2D eigenvalue weighted by Crippen LogP contribution is -2.07. The van der Waals surface area contributed by atoms with Crippen molar-refractivity contribution in [2.45, 2.75) is 6.54 Å². The Labute approximate surface area is 101 Å². The predicted molar refractivity (Wildman–Crippen MR) is 64.0 cm³/mol. The Balaban J connectivity index is 0.00000196. The minimum Gasteiger partial charge on any atom is -0.491 e. The van der Waals surface area contributed by atoms with E-state index >= 15 is 0 Å². The van der Waals surface area contributed by atoms with Gasteiger partial charge < -0.3 is 15.2 Å². The molecular weight excluding hydrogens is 237 g/mol. The first kappa shape index (κ1) is 14.5. The molecule has 0 unspecified atom stereocenters. The maximum Gasteiger partial charge on any atom is 0.125 e. The highest BCUT2D eigenvalue weighted by molar-refractivity contribution is 6.30. The number of hydrogen-bond donors (Lipinski definition) is 1. The van der Waals surface area contributed by atoms with Crippen LogP contribution in [0.2, 0.25) is 5.02 Å². The average Bonchev–Trinajstić information content (AvgIpc) is 2.19.